The maximum absolute atomic E-state index is 15.0. The van der Waals surface area contributed by atoms with Crippen LogP contribution in [0.4, 0.5) is 18.9 Å². The molecule has 0 unspecified atom stereocenters. The second-order valence-corrected chi connectivity index (χ2v) is 15.6. The van der Waals surface area contributed by atoms with Gasteiger partial charge in [0.2, 0.25) is 0 Å². The Balaban J connectivity index is 1.47. The predicted octanol–water partition coefficient (Wildman–Crippen LogP) is 11.2. The van der Waals surface area contributed by atoms with Gasteiger partial charge in [-0.3, -0.25) is 9.69 Å². The van der Waals surface area contributed by atoms with E-state index in [1.807, 2.05) is 47.8 Å². The van der Waals surface area contributed by atoms with Crippen LogP contribution in [0.2, 0.25) is 0 Å². The first-order chi connectivity index (χ1) is 23.8. The number of hydrogen-bond donors (Lipinski definition) is 0. The molecule has 5 rings (SSSR count). The summed E-state index contributed by atoms with van der Waals surface area (Å²) in [5, 5.41) is 0.604. The van der Waals surface area contributed by atoms with Crippen LogP contribution in [0.25, 0.3) is 33.4 Å². The molecule has 1 aliphatic carbocycles. The summed E-state index contributed by atoms with van der Waals surface area (Å²) in [7, 11) is 0. The number of halogens is 3. The zero-order chi connectivity index (χ0) is 34.6. The van der Waals surface area contributed by atoms with E-state index in [0.717, 1.165) is 67.7 Å². The lowest BCUT2D eigenvalue weighted by molar-refractivity contribution is -0.137. The lowest BCUT2D eigenvalue weighted by Gasteiger charge is -2.29. The molecule has 49 heavy (non-hydrogen) atoms. The Bertz CT molecular complexity index is 1640. The number of benzene rings is 3. The van der Waals surface area contributed by atoms with E-state index in [2.05, 4.69) is 23.6 Å². The Morgan fingerprint density at radius 3 is 2.10 bits per heavy atom. The zero-order valence-electron chi connectivity index (χ0n) is 29.1. The Labute approximate surface area is 298 Å². The highest BCUT2D eigenvalue weighted by atomic mass is 32.2. The molecular formula is C40H51F3N2O2S2. The van der Waals surface area contributed by atoms with Gasteiger partial charge in [-0.05, 0) is 85.1 Å². The topological polar surface area (TPSA) is 36.7 Å². The van der Waals surface area contributed by atoms with Crippen molar-refractivity contribution >= 4 is 40.2 Å². The van der Waals surface area contributed by atoms with Gasteiger partial charge in [-0.25, -0.2) is 0 Å². The molecule has 2 aliphatic heterocycles. The average molecular weight is 713 g/mol. The SMILES string of the molecule is CCCCCSCCN(CCSCCCCC)Cc1ccc(-c2c3ccc(=O)cc-3oc3cc(N4CCCCC4)ccc23)c(C(F)(F)F)c1. The number of alkyl halides is 3. The molecule has 0 spiro atoms. The molecule has 2 heterocycles. The maximum Gasteiger partial charge on any atom is 0.417 e. The standard InChI is InChI=1S/C40H51F3N2O2S2/c1-3-5-10-22-48-24-20-44(21-25-49-23-11-6-4-2)29-30-12-15-33(36(26-30)40(41,42)43)39-34-16-13-31(45-18-8-7-9-19-45)27-37(34)47-38-28-32(46)14-17-35(38)39/h12-17,26-28H,3-11,18-25,29H2,1-2H3. The van der Waals surface area contributed by atoms with Crippen molar-refractivity contribution < 1.29 is 17.6 Å². The van der Waals surface area contributed by atoms with Crippen molar-refractivity contribution in [2.24, 2.45) is 0 Å². The number of unbranched alkanes of at least 4 members (excludes halogenated alkanes) is 4. The first kappa shape index (κ1) is 37.6. The van der Waals surface area contributed by atoms with E-state index in [9.17, 15) is 4.79 Å². The minimum Gasteiger partial charge on any atom is -0.456 e. The lowest BCUT2D eigenvalue weighted by Crippen LogP contribution is -2.29. The highest BCUT2D eigenvalue weighted by molar-refractivity contribution is 7.99. The van der Waals surface area contributed by atoms with Crippen LogP contribution in [-0.2, 0) is 12.7 Å². The Morgan fingerprint density at radius 2 is 1.45 bits per heavy atom. The van der Waals surface area contributed by atoms with Gasteiger partial charge in [-0.2, -0.15) is 36.7 Å². The van der Waals surface area contributed by atoms with Crippen LogP contribution in [0, 0.1) is 0 Å². The van der Waals surface area contributed by atoms with Crippen LogP contribution >= 0.6 is 23.5 Å². The third-order valence-corrected chi connectivity index (χ3v) is 11.4. The van der Waals surface area contributed by atoms with Crippen LogP contribution in [-0.4, -0.2) is 54.1 Å². The molecular weight excluding hydrogens is 662 g/mol. The monoisotopic (exact) mass is 712 g/mol. The molecule has 0 aromatic heterocycles. The van der Waals surface area contributed by atoms with Crippen LogP contribution in [0.15, 0.2) is 63.8 Å². The smallest absolute Gasteiger partial charge is 0.417 e. The largest absolute Gasteiger partial charge is 0.456 e. The van der Waals surface area contributed by atoms with Crippen LogP contribution in [0.5, 0.6) is 0 Å². The van der Waals surface area contributed by atoms with E-state index < -0.39 is 11.7 Å². The van der Waals surface area contributed by atoms with Crippen molar-refractivity contribution in [1.82, 2.24) is 4.90 Å². The summed E-state index contributed by atoms with van der Waals surface area (Å²) >= 11 is 3.88. The average Bonchev–Trinajstić information content (AvgIpc) is 3.09. The van der Waals surface area contributed by atoms with Gasteiger partial charge in [0.05, 0.1) is 5.56 Å². The molecule has 1 saturated heterocycles. The van der Waals surface area contributed by atoms with Crippen molar-refractivity contribution in [2.75, 3.05) is 54.1 Å². The summed E-state index contributed by atoms with van der Waals surface area (Å²) in [5.74, 6) is 4.49. The minimum absolute atomic E-state index is 0.107. The van der Waals surface area contributed by atoms with E-state index in [1.54, 1.807) is 12.1 Å². The Morgan fingerprint density at radius 1 is 0.776 bits per heavy atom. The minimum atomic E-state index is -4.57. The molecule has 0 amide bonds. The van der Waals surface area contributed by atoms with Crippen LogP contribution in [0.1, 0.15) is 82.8 Å². The van der Waals surface area contributed by atoms with E-state index in [1.165, 1.54) is 63.1 Å². The molecule has 266 valence electrons. The fourth-order valence-corrected chi connectivity index (χ4v) is 8.67. The number of rotatable bonds is 18. The van der Waals surface area contributed by atoms with E-state index in [-0.39, 0.29) is 11.0 Å². The summed E-state index contributed by atoms with van der Waals surface area (Å²) in [6.45, 7) is 8.45. The summed E-state index contributed by atoms with van der Waals surface area (Å²) in [6, 6.07) is 15.0. The molecule has 4 nitrogen and oxygen atoms in total. The Kier molecular flexibility index (Phi) is 14.3. The highest BCUT2D eigenvalue weighted by Gasteiger charge is 2.35. The summed E-state index contributed by atoms with van der Waals surface area (Å²) < 4.78 is 51.3. The van der Waals surface area contributed by atoms with Crippen molar-refractivity contribution in [3.63, 3.8) is 0 Å². The van der Waals surface area contributed by atoms with Gasteiger partial charge in [0.25, 0.3) is 0 Å². The van der Waals surface area contributed by atoms with Gasteiger partial charge in [-0.15, -0.1) is 0 Å². The molecule has 2 aromatic carbocycles. The summed E-state index contributed by atoms with van der Waals surface area (Å²) in [5.41, 5.74) is 2.27. The fraction of sp³-hybridized carbons (Fsp3) is 0.525. The summed E-state index contributed by atoms with van der Waals surface area (Å²) in [4.78, 5) is 17.0. The van der Waals surface area contributed by atoms with Gasteiger partial charge < -0.3 is 9.32 Å². The second kappa shape index (κ2) is 18.6. The predicted molar refractivity (Wildman–Crippen MR) is 205 cm³/mol. The van der Waals surface area contributed by atoms with Gasteiger partial charge in [-0.1, -0.05) is 51.7 Å². The quantitative estimate of drug-likeness (QED) is 0.0755. The number of nitrogens with zero attached hydrogens (tertiary/aromatic N) is 2. The van der Waals surface area contributed by atoms with E-state index in [0.29, 0.717) is 40.0 Å². The molecule has 2 aromatic rings. The highest BCUT2D eigenvalue weighted by Crippen LogP contribution is 2.46. The van der Waals surface area contributed by atoms with Gasteiger partial charge >= 0.3 is 6.18 Å². The first-order valence-corrected chi connectivity index (χ1v) is 20.4. The van der Waals surface area contributed by atoms with Crippen molar-refractivity contribution in [3.8, 4) is 22.5 Å². The third-order valence-electron chi connectivity index (χ3n) is 9.35. The fourth-order valence-electron chi connectivity index (χ4n) is 6.67. The van der Waals surface area contributed by atoms with Crippen LogP contribution < -0.4 is 10.3 Å². The van der Waals surface area contributed by atoms with Crippen molar-refractivity contribution in [3.05, 3.63) is 75.9 Å². The third kappa shape index (κ3) is 10.5. The van der Waals surface area contributed by atoms with E-state index >= 15 is 13.2 Å². The molecule has 1 fully saturated rings. The molecule has 0 radical (unpaired) electrons. The van der Waals surface area contributed by atoms with E-state index in [4.69, 9.17) is 4.42 Å². The number of thioether (sulfide) groups is 2. The molecule has 0 atom stereocenters. The number of hydrogen-bond acceptors (Lipinski definition) is 6. The maximum atomic E-state index is 15.0. The molecule has 3 aliphatic rings. The van der Waals surface area contributed by atoms with Crippen LogP contribution in [0.3, 0.4) is 0 Å². The normalized spacial score (nSPS) is 14.0. The van der Waals surface area contributed by atoms with Crippen molar-refractivity contribution in [1.29, 1.82) is 0 Å². The van der Waals surface area contributed by atoms with Gasteiger partial charge in [0.15, 0.2) is 5.43 Å². The molecule has 0 bridgehead atoms. The number of fused-ring (bicyclic) bond motifs is 2. The first-order valence-electron chi connectivity index (χ1n) is 18.1. The van der Waals surface area contributed by atoms with Crippen molar-refractivity contribution in [2.45, 2.75) is 84.4 Å². The molecule has 0 N–H and O–H groups in total. The second-order valence-electron chi connectivity index (χ2n) is 13.2. The number of piperidine rings is 1. The lowest BCUT2D eigenvalue weighted by atomic mass is 9.89. The van der Waals surface area contributed by atoms with Gasteiger partial charge in [0.1, 0.15) is 11.3 Å². The molecule has 9 heteroatoms. The zero-order valence-corrected chi connectivity index (χ0v) is 30.7. The number of anilines is 1. The Hall–Kier alpha value is -2.62. The van der Waals surface area contributed by atoms with Gasteiger partial charge in [0, 0.05) is 78.6 Å². The summed E-state index contributed by atoms with van der Waals surface area (Å²) in [6.07, 6.45) is 6.10. The molecule has 0 saturated carbocycles.